The smallest absolute Gasteiger partial charge is 0.295 e. The Hall–Kier alpha value is -2.48. The largest absolute Gasteiger partial charge is 0.507 e. The molecule has 0 radical (unpaired) electrons. The molecule has 2 aromatic rings. The van der Waals surface area contributed by atoms with Crippen LogP contribution in [0.25, 0.3) is 5.76 Å². The predicted molar refractivity (Wildman–Crippen MR) is 107 cm³/mol. The Labute approximate surface area is 171 Å². The Morgan fingerprint density at radius 2 is 1.79 bits per heavy atom. The first-order valence-corrected chi connectivity index (χ1v) is 9.42. The van der Waals surface area contributed by atoms with Gasteiger partial charge in [-0.2, -0.15) is 0 Å². The summed E-state index contributed by atoms with van der Waals surface area (Å²) in [6.07, 6.45) is -0.704. The lowest BCUT2D eigenvalue weighted by atomic mass is 9.95. The van der Waals surface area contributed by atoms with E-state index in [2.05, 4.69) is 15.9 Å². The first kappa shape index (κ1) is 20.3. The Kier molecular flexibility index (Phi) is 6.28. The van der Waals surface area contributed by atoms with Gasteiger partial charge in [0.2, 0.25) is 0 Å². The van der Waals surface area contributed by atoms with Crippen molar-refractivity contribution in [3.05, 3.63) is 75.8 Å². The van der Waals surface area contributed by atoms with E-state index in [9.17, 15) is 14.7 Å². The quantitative estimate of drug-likeness (QED) is 0.318. The number of carbonyl (C=O) groups is 2. The summed E-state index contributed by atoms with van der Waals surface area (Å²) >= 11 is 3.42. The number of hydrogen-bond donors (Lipinski definition) is 1. The molecule has 0 spiro atoms. The molecule has 1 atom stereocenters. The molecule has 28 heavy (non-hydrogen) atoms. The fourth-order valence-corrected chi connectivity index (χ4v) is 3.67. The summed E-state index contributed by atoms with van der Waals surface area (Å²) in [7, 11) is 2.92. The number of aliphatic hydroxyl groups excluding tert-OH is 1. The third-order valence-electron chi connectivity index (χ3n) is 4.62. The lowest BCUT2D eigenvalue weighted by molar-refractivity contribution is -0.149. The molecule has 1 N–H and O–H groups in total. The SMILES string of the molecule is COC(CN1C(=O)C(=O)/C(=C(\O)c2ccccc2)C1c1cccc(Br)c1)OC. The lowest BCUT2D eigenvalue weighted by Gasteiger charge is -2.28. The lowest BCUT2D eigenvalue weighted by Crippen LogP contribution is -2.38. The second kappa shape index (κ2) is 8.68. The number of ether oxygens (including phenoxy) is 2. The van der Waals surface area contributed by atoms with Crippen LogP contribution >= 0.6 is 15.9 Å². The van der Waals surface area contributed by atoms with Crippen molar-refractivity contribution in [3.63, 3.8) is 0 Å². The van der Waals surface area contributed by atoms with Crippen LogP contribution in [0, 0.1) is 0 Å². The van der Waals surface area contributed by atoms with Crippen LogP contribution in [-0.2, 0) is 19.1 Å². The van der Waals surface area contributed by atoms with Gasteiger partial charge in [-0.25, -0.2) is 0 Å². The zero-order valence-electron chi connectivity index (χ0n) is 15.5. The molecule has 0 aromatic heterocycles. The third-order valence-corrected chi connectivity index (χ3v) is 5.12. The summed E-state index contributed by atoms with van der Waals surface area (Å²) in [5.74, 6) is -1.66. The first-order chi connectivity index (χ1) is 13.5. The zero-order valence-corrected chi connectivity index (χ0v) is 17.0. The highest BCUT2D eigenvalue weighted by atomic mass is 79.9. The molecular formula is C21H20BrNO5. The van der Waals surface area contributed by atoms with Gasteiger partial charge in [0.25, 0.3) is 11.7 Å². The van der Waals surface area contributed by atoms with Gasteiger partial charge in [0.15, 0.2) is 6.29 Å². The van der Waals surface area contributed by atoms with Gasteiger partial charge in [0.1, 0.15) is 5.76 Å². The maximum atomic E-state index is 12.9. The van der Waals surface area contributed by atoms with Crippen molar-refractivity contribution >= 4 is 33.4 Å². The third kappa shape index (κ3) is 3.87. The molecule has 0 aliphatic carbocycles. The number of ketones is 1. The van der Waals surface area contributed by atoms with Crippen molar-refractivity contribution in [1.82, 2.24) is 4.90 Å². The monoisotopic (exact) mass is 445 g/mol. The molecule has 1 aliphatic heterocycles. The number of likely N-dealkylation sites (tertiary alicyclic amines) is 1. The molecule has 1 fully saturated rings. The highest BCUT2D eigenvalue weighted by Crippen LogP contribution is 2.40. The molecule has 1 saturated heterocycles. The molecule has 1 amide bonds. The number of halogens is 1. The molecule has 1 heterocycles. The van der Waals surface area contributed by atoms with E-state index in [1.165, 1.54) is 19.1 Å². The Morgan fingerprint density at radius 1 is 1.11 bits per heavy atom. The van der Waals surface area contributed by atoms with Crippen molar-refractivity contribution in [2.24, 2.45) is 0 Å². The Balaban J connectivity index is 2.16. The minimum Gasteiger partial charge on any atom is -0.507 e. The second-order valence-corrected chi connectivity index (χ2v) is 7.19. The minimum absolute atomic E-state index is 0.0419. The van der Waals surface area contributed by atoms with E-state index in [1.807, 2.05) is 24.3 Å². The topological polar surface area (TPSA) is 76.1 Å². The number of carbonyl (C=O) groups excluding carboxylic acids is 2. The van der Waals surface area contributed by atoms with Gasteiger partial charge in [-0.05, 0) is 17.7 Å². The highest BCUT2D eigenvalue weighted by Gasteiger charge is 2.46. The Bertz CT molecular complexity index is 908. The summed E-state index contributed by atoms with van der Waals surface area (Å²) in [5, 5.41) is 10.9. The molecule has 7 heteroatoms. The number of hydrogen-bond acceptors (Lipinski definition) is 5. The van der Waals surface area contributed by atoms with Crippen molar-refractivity contribution < 1.29 is 24.2 Å². The normalized spacial score (nSPS) is 18.9. The van der Waals surface area contributed by atoms with E-state index in [-0.39, 0.29) is 17.9 Å². The number of benzene rings is 2. The Morgan fingerprint density at radius 3 is 2.39 bits per heavy atom. The van der Waals surface area contributed by atoms with Gasteiger partial charge in [-0.3, -0.25) is 9.59 Å². The molecule has 0 saturated carbocycles. The number of Topliss-reactive ketones (excluding diaryl/α,β-unsaturated/α-hetero) is 1. The standard InChI is InChI=1S/C21H20BrNO5/c1-27-16(28-2)12-23-18(14-9-6-10-15(22)11-14)17(20(25)21(23)26)19(24)13-7-4-3-5-8-13/h3-11,16,18,24H,12H2,1-2H3/b19-17-. The fourth-order valence-electron chi connectivity index (χ4n) is 3.25. The van der Waals surface area contributed by atoms with Crippen LogP contribution in [0.15, 0.2) is 64.6 Å². The van der Waals surface area contributed by atoms with Gasteiger partial charge in [-0.15, -0.1) is 0 Å². The summed E-state index contributed by atoms with van der Waals surface area (Å²) in [4.78, 5) is 27.0. The number of methoxy groups -OCH3 is 2. The van der Waals surface area contributed by atoms with E-state index in [0.29, 0.717) is 11.1 Å². The molecule has 6 nitrogen and oxygen atoms in total. The van der Waals surface area contributed by atoms with Crippen LogP contribution in [0.2, 0.25) is 0 Å². The fraction of sp³-hybridized carbons (Fsp3) is 0.238. The molecular weight excluding hydrogens is 426 g/mol. The molecule has 1 unspecified atom stereocenters. The number of aliphatic hydroxyl groups is 1. The average Bonchev–Trinajstić information content (AvgIpc) is 2.96. The van der Waals surface area contributed by atoms with Gasteiger partial charge >= 0.3 is 0 Å². The van der Waals surface area contributed by atoms with E-state index in [4.69, 9.17) is 9.47 Å². The molecule has 1 aliphatic rings. The van der Waals surface area contributed by atoms with Crippen molar-refractivity contribution in [3.8, 4) is 0 Å². The summed E-state index contributed by atoms with van der Waals surface area (Å²) in [5.41, 5.74) is 1.20. The van der Waals surface area contributed by atoms with Gasteiger partial charge in [0, 0.05) is 24.3 Å². The first-order valence-electron chi connectivity index (χ1n) is 8.62. The van der Waals surface area contributed by atoms with Crippen LogP contribution in [0.5, 0.6) is 0 Å². The van der Waals surface area contributed by atoms with E-state index in [1.54, 1.807) is 30.3 Å². The van der Waals surface area contributed by atoms with Gasteiger partial charge in [0.05, 0.1) is 18.2 Å². The number of rotatable bonds is 6. The van der Waals surface area contributed by atoms with Crippen LogP contribution in [-0.4, -0.2) is 48.8 Å². The van der Waals surface area contributed by atoms with Gasteiger partial charge in [-0.1, -0.05) is 58.4 Å². The van der Waals surface area contributed by atoms with E-state index < -0.39 is 24.0 Å². The van der Waals surface area contributed by atoms with Crippen LogP contribution < -0.4 is 0 Å². The molecule has 2 aromatic carbocycles. The molecule has 0 bridgehead atoms. The zero-order chi connectivity index (χ0) is 20.3. The molecule has 3 rings (SSSR count). The number of nitrogens with zero attached hydrogens (tertiary/aromatic N) is 1. The highest BCUT2D eigenvalue weighted by molar-refractivity contribution is 9.10. The van der Waals surface area contributed by atoms with Crippen LogP contribution in [0.3, 0.4) is 0 Å². The van der Waals surface area contributed by atoms with Gasteiger partial charge < -0.3 is 19.5 Å². The van der Waals surface area contributed by atoms with Crippen molar-refractivity contribution in [1.29, 1.82) is 0 Å². The maximum absolute atomic E-state index is 12.9. The van der Waals surface area contributed by atoms with Crippen LogP contribution in [0.4, 0.5) is 0 Å². The number of amides is 1. The van der Waals surface area contributed by atoms with Crippen molar-refractivity contribution in [2.75, 3.05) is 20.8 Å². The van der Waals surface area contributed by atoms with Crippen molar-refractivity contribution in [2.45, 2.75) is 12.3 Å². The minimum atomic E-state index is -0.759. The second-order valence-electron chi connectivity index (χ2n) is 6.27. The van der Waals surface area contributed by atoms with E-state index >= 15 is 0 Å². The summed E-state index contributed by atoms with van der Waals surface area (Å²) < 4.78 is 11.2. The molecule has 146 valence electrons. The predicted octanol–water partition coefficient (Wildman–Crippen LogP) is 3.49. The average molecular weight is 446 g/mol. The summed E-state index contributed by atoms with van der Waals surface area (Å²) in [6.45, 7) is 0.0420. The summed E-state index contributed by atoms with van der Waals surface area (Å²) in [6, 6.07) is 15.2. The van der Waals surface area contributed by atoms with E-state index in [0.717, 1.165) is 4.47 Å². The maximum Gasteiger partial charge on any atom is 0.295 e. The van der Waals surface area contributed by atoms with Crippen LogP contribution in [0.1, 0.15) is 17.2 Å².